The molecule has 0 aromatic carbocycles. The van der Waals surface area contributed by atoms with Crippen molar-refractivity contribution in [1.29, 1.82) is 0 Å². The second-order valence-electron chi connectivity index (χ2n) is 3.55. The lowest BCUT2D eigenvalue weighted by atomic mass is 9.85. The molecule has 0 bridgehead atoms. The fourth-order valence-corrected chi connectivity index (χ4v) is 2.10. The number of hydrogen-bond acceptors (Lipinski definition) is 3. The second kappa shape index (κ2) is 3.28. The molecule has 0 saturated heterocycles. The highest BCUT2D eigenvalue weighted by Gasteiger charge is 2.30. The van der Waals surface area contributed by atoms with E-state index in [0.717, 1.165) is 11.3 Å². The number of fused-ring (bicyclic) bond motifs is 3. The van der Waals surface area contributed by atoms with Crippen molar-refractivity contribution in [2.45, 2.75) is 6.04 Å². The summed E-state index contributed by atoms with van der Waals surface area (Å²) >= 11 is 5.81. The maximum Gasteiger partial charge on any atom is 0.218 e. The van der Waals surface area contributed by atoms with Crippen LogP contribution in [0.5, 0.6) is 0 Å². The van der Waals surface area contributed by atoms with Gasteiger partial charge >= 0.3 is 0 Å². The van der Waals surface area contributed by atoms with Crippen molar-refractivity contribution in [3.8, 4) is 0 Å². The van der Waals surface area contributed by atoms with Gasteiger partial charge in [0, 0.05) is 24.0 Å². The Morgan fingerprint density at radius 2 is 2.13 bits per heavy atom. The monoisotopic (exact) mass is 217 g/mol. The predicted molar refractivity (Wildman–Crippen MR) is 62.9 cm³/mol. The third kappa shape index (κ3) is 1.39. The fraction of sp³-hybridized carbons (Fsp3) is 0.182. The Kier molecular flexibility index (Phi) is 1.92. The van der Waals surface area contributed by atoms with Crippen molar-refractivity contribution in [1.82, 2.24) is 0 Å². The molecule has 2 aliphatic heterocycles. The number of hydrogen-bond donors (Lipinski definition) is 0. The summed E-state index contributed by atoms with van der Waals surface area (Å²) in [6, 6.07) is 0.0451. The molecule has 0 amide bonds. The summed E-state index contributed by atoms with van der Waals surface area (Å²) in [5.74, 6) is 0.204. The standard InChI is InChI=1S/C11H8ClN3/c12-11-14-6-7-3-4-9-8(10(7)15-11)2-1-5-13-9/h1-6,8,10H. The Morgan fingerprint density at radius 1 is 1.20 bits per heavy atom. The molecule has 0 aromatic rings. The van der Waals surface area contributed by atoms with Gasteiger partial charge in [0.1, 0.15) is 0 Å². The Balaban J connectivity index is 2.07. The molecular weight excluding hydrogens is 210 g/mol. The summed E-state index contributed by atoms with van der Waals surface area (Å²) in [5.41, 5.74) is 2.13. The van der Waals surface area contributed by atoms with Crippen LogP contribution in [0.1, 0.15) is 0 Å². The molecule has 2 unspecified atom stereocenters. The van der Waals surface area contributed by atoms with E-state index in [4.69, 9.17) is 11.6 Å². The van der Waals surface area contributed by atoms with Crippen LogP contribution in [0, 0.1) is 5.92 Å². The average Bonchev–Trinajstić information content (AvgIpc) is 2.29. The second-order valence-corrected chi connectivity index (χ2v) is 3.89. The fourth-order valence-electron chi connectivity index (χ4n) is 1.94. The Bertz CT molecular complexity index is 480. The maximum atomic E-state index is 5.81. The maximum absolute atomic E-state index is 5.81. The van der Waals surface area contributed by atoms with E-state index in [1.807, 2.05) is 18.2 Å². The van der Waals surface area contributed by atoms with E-state index in [9.17, 15) is 0 Å². The normalized spacial score (nSPS) is 31.4. The third-order valence-corrected chi connectivity index (χ3v) is 2.86. The Labute approximate surface area is 92.3 Å². The van der Waals surface area contributed by atoms with Crippen LogP contribution in [0.15, 0.2) is 50.6 Å². The van der Waals surface area contributed by atoms with Gasteiger partial charge in [0.15, 0.2) is 0 Å². The summed E-state index contributed by atoms with van der Waals surface area (Å²) in [6.07, 6.45) is 11.6. The molecule has 4 heteroatoms. The quantitative estimate of drug-likeness (QED) is 0.558. The van der Waals surface area contributed by atoms with Crippen LogP contribution in [-0.4, -0.2) is 23.8 Å². The molecule has 74 valence electrons. The van der Waals surface area contributed by atoms with Crippen LogP contribution in [0.4, 0.5) is 0 Å². The average molecular weight is 218 g/mol. The third-order valence-electron chi connectivity index (χ3n) is 2.66. The van der Waals surface area contributed by atoms with Crippen LogP contribution in [-0.2, 0) is 0 Å². The van der Waals surface area contributed by atoms with Gasteiger partial charge in [-0.1, -0.05) is 12.2 Å². The van der Waals surface area contributed by atoms with Gasteiger partial charge in [0.05, 0.1) is 6.04 Å². The van der Waals surface area contributed by atoms with Crippen molar-refractivity contribution in [2.75, 3.05) is 0 Å². The number of halogens is 1. The highest BCUT2D eigenvalue weighted by atomic mass is 35.5. The van der Waals surface area contributed by atoms with Gasteiger partial charge in [-0.15, -0.1) is 0 Å². The van der Waals surface area contributed by atoms with E-state index in [-0.39, 0.29) is 12.0 Å². The zero-order valence-electron chi connectivity index (χ0n) is 7.84. The Morgan fingerprint density at radius 3 is 3.07 bits per heavy atom. The molecule has 0 aromatic heterocycles. The molecule has 2 atom stereocenters. The minimum atomic E-state index is 0.0451. The first-order chi connectivity index (χ1) is 7.34. The molecule has 0 spiro atoms. The SMILES string of the molecule is ClC1=NC2C(=CC=C3N=CC=CC32)C=N1. The Hall–Kier alpha value is -1.48. The van der Waals surface area contributed by atoms with E-state index in [2.05, 4.69) is 21.1 Å². The van der Waals surface area contributed by atoms with Crippen LogP contribution in [0.25, 0.3) is 0 Å². The lowest BCUT2D eigenvalue weighted by molar-refractivity contribution is 0.628. The van der Waals surface area contributed by atoms with E-state index in [0.29, 0.717) is 5.29 Å². The van der Waals surface area contributed by atoms with Crippen LogP contribution in [0.3, 0.4) is 0 Å². The molecule has 0 N–H and O–H groups in total. The zero-order valence-corrected chi connectivity index (χ0v) is 8.59. The molecule has 3 aliphatic rings. The molecular formula is C11H8ClN3. The first-order valence-corrected chi connectivity index (χ1v) is 5.12. The number of rotatable bonds is 0. The lowest BCUT2D eigenvalue weighted by Gasteiger charge is -2.28. The number of nitrogens with zero attached hydrogens (tertiary/aromatic N) is 3. The van der Waals surface area contributed by atoms with Gasteiger partial charge in [0.25, 0.3) is 0 Å². The molecule has 2 heterocycles. The van der Waals surface area contributed by atoms with Gasteiger partial charge in [-0.25, -0.2) is 9.98 Å². The minimum absolute atomic E-state index is 0.0451. The molecule has 15 heavy (non-hydrogen) atoms. The van der Waals surface area contributed by atoms with E-state index in [1.165, 1.54) is 0 Å². The molecule has 3 nitrogen and oxygen atoms in total. The first kappa shape index (κ1) is 8.80. The summed E-state index contributed by atoms with van der Waals surface area (Å²) in [5, 5.41) is 0.321. The molecule has 0 fully saturated rings. The van der Waals surface area contributed by atoms with Crippen molar-refractivity contribution in [3.05, 3.63) is 35.6 Å². The summed E-state index contributed by atoms with van der Waals surface area (Å²) in [6.45, 7) is 0. The van der Waals surface area contributed by atoms with Crippen molar-refractivity contribution >= 4 is 29.3 Å². The molecule has 1 aliphatic carbocycles. The molecule has 0 saturated carbocycles. The lowest BCUT2D eigenvalue weighted by Crippen LogP contribution is -2.28. The highest BCUT2D eigenvalue weighted by Crippen LogP contribution is 2.32. The van der Waals surface area contributed by atoms with Gasteiger partial charge in [0.2, 0.25) is 5.29 Å². The van der Waals surface area contributed by atoms with E-state index < -0.39 is 0 Å². The molecule has 0 radical (unpaired) electrons. The van der Waals surface area contributed by atoms with Crippen molar-refractivity contribution in [3.63, 3.8) is 0 Å². The molecule has 3 rings (SSSR count). The van der Waals surface area contributed by atoms with Crippen molar-refractivity contribution < 1.29 is 0 Å². The number of aliphatic imine (C=N–C) groups is 3. The highest BCUT2D eigenvalue weighted by molar-refractivity contribution is 6.65. The van der Waals surface area contributed by atoms with Gasteiger partial charge in [-0.05, 0) is 29.3 Å². The van der Waals surface area contributed by atoms with Crippen LogP contribution < -0.4 is 0 Å². The zero-order chi connectivity index (χ0) is 10.3. The van der Waals surface area contributed by atoms with E-state index >= 15 is 0 Å². The topological polar surface area (TPSA) is 37.1 Å². The number of amidine groups is 1. The largest absolute Gasteiger partial charge is 0.261 e. The van der Waals surface area contributed by atoms with Crippen molar-refractivity contribution in [2.24, 2.45) is 20.9 Å². The van der Waals surface area contributed by atoms with Gasteiger partial charge < -0.3 is 0 Å². The predicted octanol–water partition coefficient (Wildman–Crippen LogP) is 2.11. The summed E-state index contributed by atoms with van der Waals surface area (Å²) in [7, 11) is 0. The number of allylic oxidation sites excluding steroid dienone is 3. The van der Waals surface area contributed by atoms with E-state index in [1.54, 1.807) is 12.4 Å². The van der Waals surface area contributed by atoms with Crippen LogP contribution >= 0.6 is 11.6 Å². The van der Waals surface area contributed by atoms with Gasteiger partial charge in [-0.2, -0.15) is 0 Å². The smallest absolute Gasteiger partial charge is 0.218 e. The summed E-state index contributed by atoms with van der Waals surface area (Å²) in [4.78, 5) is 12.6. The van der Waals surface area contributed by atoms with Crippen LogP contribution in [0.2, 0.25) is 0 Å². The summed E-state index contributed by atoms with van der Waals surface area (Å²) < 4.78 is 0. The number of dihydropyridines is 1. The van der Waals surface area contributed by atoms with Gasteiger partial charge in [-0.3, -0.25) is 4.99 Å². The first-order valence-electron chi connectivity index (χ1n) is 4.74. The minimum Gasteiger partial charge on any atom is -0.261 e.